The van der Waals surface area contributed by atoms with Crippen molar-refractivity contribution in [2.45, 2.75) is 20.4 Å². The maximum Gasteiger partial charge on any atom is 0.361 e. The molecule has 0 saturated heterocycles. The molecule has 3 aromatic heterocycles. The summed E-state index contributed by atoms with van der Waals surface area (Å²) in [5.74, 6) is 1.25. The molecule has 0 aliphatic carbocycles. The molecule has 0 saturated carbocycles. The standard InChI is InChI=1S/C21H20N4O7/c1-5-30-21(27)17-16-19(32-24-17)22-10-25(20(16)26)9-14-11(2)31-18(23-14)13-7-6-12(28-3)8-15(13)29-4/h6-8,10H,5,9H2,1-4H3. The number of rotatable bonds is 7. The second-order valence-corrected chi connectivity index (χ2v) is 6.70. The number of oxazole rings is 1. The molecule has 0 atom stereocenters. The van der Waals surface area contributed by atoms with E-state index in [4.69, 9.17) is 23.2 Å². The molecule has 0 amide bonds. The summed E-state index contributed by atoms with van der Waals surface area (Å²) in [5, 5.41) is 3.58. The summed E-state index contributed by atoms with van der Waals surface area (Å²) >= 11 is 0. The molecule has 0 N–H and O–H groups in total. The molecule has 0 radical (unpaired) electrons. The predicted molar refractivity (Wildman–Crippen MR) is 111 cm³/mol. The predicted octanol–water partition coefficient (Wildman–Crippen LogP) is 2.59. The second kappa shape index (κ2) is 8.53. The van der Waals surface area contributed by atoms with E-state index in [1.165, 1.54) is 18.0 Å². The Morgan fingerprint density at radius 3 is 2.75 bits per heavy atom. The number of carbonyl (C=O) groups excluding carboxylic acids is 1. The Balaban J connectivity index is 1.71. The van der Waals surface area contributed by atoms with Crippen molar-refractivity contribution >= 4 is 17.1 Å². The third-order valence-electron chi connectivity index (χ3n) is 4.78. The van der Waals surface area contributed by atoms with Gasteiger partial charge >= 0.3 is 5.97 Å². The zero-order chi connectivity index (χ0) is 22.8. The van der Waals surface area contributed by atoms with Crippen molar-refractivity contribution in [1.29, 1.82) is 0 Å². The van der Waals surface area contributed by atoms with Crippen molar-refractivity contribution in [3.63, 3.8) is 0 Å². The number of aromatic nitrogens is 4. The molecule has 4 rings (SSSR count). The van der Waals surface area contributed by atoms with E-state index in [1.807, 2.05) is 0 Å². The van der Waals surface area contributed by atoms with Gasteiger partial charge in [0, 0.05) is 6.07 Å². The van der Waals surface area contributed by atoms with Crippen LogP contribution in [-0.4, -0.2) is 46.5 Å². The van der Waals surface area contributed by atoms with E-state index < -0.39 is 11.5 Å². The highest BCUT2D eigenvalue weighted by molar-refractivity contribution is 5.99. The molecule has 0 bridgehead atoms. The second-order valence-electron chi connectivity index (χ2n) is 6.70. The van der Waals surface area contributed by atoms with Gasteiger partial charge in [0.15, 0.2) is 0 Å². The first-order valence-corrected chi connectivity index (χ1v) is 9.67. The number of fused-ring (bicyclic) bond motifs is 1. The molecule has 166 valence electrons. The van der Waals surface area contributed by atoms with Crippen LogP contribution in [0.1, 0.15) is 28.9 Å². The third kappa shape index (κ3) is 3.68. The van der Waals surface area contributed by atoms with Crippen LogP contribution in [0.4, 0.5) is 0 Å². The lowest BCUT2D eigenvalue weighted by atomic mass is 10.2. The molecule has 0 unspecified atom stereocenters. The molecule has 3 heterocycles. The van der Waals surface area contributed by atoms with Gasteiger partial charge in [0.2, 0.25) is 11.6 Å². The highest BCUT2D eigenvalue weighted by atomic mass is 16.5. The number of benzene rings is 1. The third-order valence-corrected chi connectivity index (χ3v) is 4.78. The van der Waals surface area contributed by atoms with Crippen LogP contribution >= 0.6 is 0 Å². The van der Waals surface area contributed by atoms with E-state index in [0.29, 0.717) is 34.4 Å². The summed E-state index contributed by atoms with van der Waals surface area (Å²) in [6.45, 7) is 3.59. The first-order valence-electron chi connectivity index (χ1n) is 9.67. The van der Waals surface area contributed by atoms with Crippen molar-refractivity contribution in [3.8, 4) is 23.0 Å². The lowest BCUT2D eigenvalue weighted by Crippen LogP contribution is -2.23. The lowest BCUT2D eigenvalue weighted by molar-refractivity contribution is 0.0516. The Kier molecular flexibility index (Phi) is 5.63. The number of ether oxygens (including phenoxy) is 3. The summed E-state index contributed by atoms with van der Waals surface area (Å²) in [7, 11) is 3.10. The van der Waals surface area contributed by atoms with Crippen molar-refractivity contribution in [2.24, 2.45) is 0 Å². The van der Waals surface area contributed by atoms with Gasteiger partial charge in [-0.15, -0.1) is 0 Å². The van der Waals surface area contributed by atoms with Gasteiger partial charge in [-0.2, -0.15) is 0 Å². The van der Waals surface area contributed by atoms with Crippen LogP contribution in [-0.2, 0) is 11.3 Å². The van der Waals surface area contributed by atoms with Crippen LogP contribution in [0.5, 0.6) is 11.5 Å². The minimum absolute atomic E-state index is 0.0464. The van der Waals surface area contributed by atoms with Gasteiger partial charge in [-0.1, -0.05) is 5.16 Å². The summed E-state index contributed by atoms with van der Waals surface area (Å²) in [5.41, 5.74) is 0.372. The number of methoxy groups -OCH3 is 2. The molecular formula is C21H20N4O7. The molecule has 32 heavy (non-hydrogen) atoms. The van der Waals surface area contributed by atoms with Gasteiger partial charge in [0.05, 0.1) is 32.9 Å². The Labute approximate surface area is 181 Å². The largest absolute Gasteiger partial charge is 0.497 e. The topological polar surface area (TPSA) is 132 Å². The number of nitrogens with zero attached hydrogens (tertiary/aromatic N) is 4. The van der Waals surface area contributed by atoms with Crippen LogP contribution in [0.25, 0.3) is 22.6 Å². The molecule has 1 aromatic carbocycles. The Bertz CT molecular complexity index is 1350. The average Bonchev–Trinajstić information content (AvgIpc) is 3.39. The van der Waals surface area contributed by atoms with Crippen molar-refractivity contribution in [1.82, 2.24) is 19.7 Å². The Morgan fingerprint density at radius 1 is 1.22 bits per heavy atom. The van der Waals surface area contributed by atoms with E-state index in [2.05, 4.69) is 15.1 Å². The van der Waals surface area contributed by atoms with Gasteiger partial charge in [-0.05, 0) is 26.0 Å². The molecule has 0 fully saturated rings. The first kappa shape index (κ1) is 21.1. The fraction of sp³-hybridized carbons (Fsp3) is 0.286. The first-order chi connectivity index (χ1) is 15.5. The molecule has 0 aliphatic rings. The summed E-state index contributed by atoms with van der Waals surface area (Å²) in [6.07, 6.45) is 1.30. The van der Waals surface area contributed by atoms with Crippen molar-refractivity contribution < 1.29 is 27.9 Å². The number of hydrogen-bond acceptors (Lipinski definition) is 10. The zero-order valence-corrected chi connectivity index (χ0v) is 17.9. The number of esters is 1. The van der Waals surface area contributed by atoms with Gasteiger partial charge in [-0.25, -0.2) is 14.8 Å². The van der Waals surface area contributed by atoms with Crippen LogP contribution in [0, 0.1) is 6.92 Å². The molecular weight excluding hydrogens is 420 g/mol. The molecule has 11 nitrogen and oxygen atoms in total. The number of hydrogen-bond donors (Lipinski definition) is 0. The van der Waals surface area contributed by atoms with E-state index in [0.717, 1.165) is 0 Å². The Hall–Kier alpha value is -4.15. The smallest absolute Gasteiger partial charge is 0.361 e. The van der Waals surface area contributed by atoms with Gasteiger partial charge in [-0.3, -0.25) is 9.36 Å². The SMILES string of the molecule is CCOC(=O)c1noc2ncn(Cc3nc(-c4ccc(OC)cc4OC)oc3C)c(=O)c12. The van der Waals surface area contributed by atoms with E-state index in [1.54, 1.807) is 39.2 Å². The van der Waals surface area contributed by atoms with Crippen LogP contribution in [0.15, 0.2) is 38.3 Å². The quantitative estimate of drug-likeness (QED) is 0.395. The highest BCUT2D eigenvalue weighted by Gasteiger charge is 2.23. The maximum absolute atomic E-state index is 13.0. The minimum Gasteiger partial charge on any atom is -0.497 e. The van der Waals surface area contributed by atoms with Gasteiger partial charge in [0.1, 0.15) is 34.7 Å². The van der Waals surface area contributed by atoms with Crippen LogP contribution < -0.4 is 15.0 Å². The van der Waals surface area contributed by atoms with Crippen LogP contribution in [0.3, 0.4) is 0 Å². The summed E-state index contributed by atoms with van der Waals surface area (Å²) in [6, 6.07) is 5.26. The molecule has 4 aromatic rings. The van der Waals surface area contributed by atoms with Crippen molar-refractivity contribution in [3.05, 3.63) is 52.0 Å². The maximum atomic E-state index is 13.0. The average molecular weight is 440 g/mol. The summed E-state index contributed by atoms with van der Waals surface area (Å²) < 4.78 is 27.7. The zero-order valence-electron chi connectivity index (χ0n) is 17.9. The normalized spacial score (nSPS) is 11.0. The van der Waals surface area contributed by atoms with E-state index >= 15 is 0 Å². The summed E-state index contributed by atoms with van der Waals surface area (Å²) in [4.78, 5) is 33.7. The van der Waals surface area contributed by atoms with E-state index in [9.17, 15) is 9.59 Å². The van der Waals surface area contributed by atoms with E-state index in [-0.39, 0.29) is 29.9 Å². The fourth-order valence-corrected chi connectivity index (χ4v) is 3.16. The monoisotopic (exact) mass is 440 g/mol. The highest BCUT2D eigenvalue weighted by Crippen LogP contribution is 2.33. The Morgan fingerprint density at radius 2 is 2.03 bits per heavy atom. The van der Waals surface area contributed by atoms with Crippen molar-refractivity contribution in [2.75, 3.05) is 20.8 Å². The van der Waals surface area contributed by atoms with Crippen LogP contribution in [0.2, 0.25) is 0 Å². The number of carbonyl (C=O) groups is 1. The minimum atomic E-state index is -0.755. The molecule has 0 spiro atoms. The number of aryl methyl sites for hydroxylation is 1. The molecule has 11 heteroatoms. The lowest BCUT2D eigenvalue weighted by Gasteiger charge is -2.07. The van der Waals surface area contributed by atoms with Gasteiger partial charge < -0.3 is 23.2 Å². The fourth-order valence-electron chi connectivity index (χ4n) is 3.16. The molecule has 0 aliphatic heterocycles. The van der Waals surface area contributed by atoms with Gasteiger partial charge in [0.25, 0.3) is 11.3 Å².